The van der Waals surface area contributed by atoms with Gasteiger partial charge in [-0.05, 0) is 36.4 Å². The Morgan fingerprint density at radius 3 is 2.76 bits per heavy atom. The highest BCUT2D eigenvalue weighted by molar-refractivity contribution is 9.10. The van der Waals surface area contributed by atoms with Crippen molar-refractivity contribution in [3.05, 3.63) is 46.4 Å². The summed E-state index contributed by atoms with van der Waals surface area (Å²) in [7, 11) is 0. The first-order valence-electron chi connectivity index (χ1n) is 8.64. The van der Waals surface area contributed by atoms with Gasteiger partial charge in [-0.1, -0.05) is 15.9 Å². The van der Waals surface area contributed by atoms with Crippen LogP contribution >= 0.6 is 15.9 Å². The van der Waals surface area contributed by atoms with Gasteiger partial charge in [0.25, 0.3) is 11.8 Å². The number of fused-ring (bicyclic) bond motifs is 2. The molecule has 0 unspecified atom stereocenters. The van der Waals surface area contributed by atoms with E-state index >= 15 is 0 Å². The summed E-state index contributed by atoms with van der Waals surface area (Å²) >= 11 is 3.34. The van der Waals surface area contributed by atoms with Crippen molar-refractivity contribution in [1.82, 2.24) is 10.3 Å². The number of hydrogen-bond acceptors (Lipinski definition) is 6. The maximum atomic E-state index is 12.3. The minimum Gasteiger partial charge on any atom is -0.493 e. The van der Waals surface area contributed by atoms with Gasteiger partial charge in [-0.2, -0.15) is 0 Å². The molecule has 0 radical (unpaired) electrons. The minimum absolute atomic E-state index is 0.146. The van der Waals surface area contributed by atoms with E-state index in [-0.39, 0.29) is 18.1 Å². The van der Waals surface area contributed by atoms with Crippen LogP contribution in [0.2, 0.25) is 0 Å². The lowest BCUT2D eigenvalue weighted by Crippen LogP contribution is -2.28. The molecule has 1 aromatic heterocycles. The second-order valence-corrected chi connectivity index (χ2v) is 7.06. The fourth-order valence-electron chi connectivity index (χ4n) is 2.82. The van der Waals surface area contributed by atoms with Crippen LogP contribution in [0.1, 0.15) is 10.4 Å². The van der Waals surface area contributed by atoms with Crippen LogP contribution in [0, 0.1) is 0 Å². The molecule has 0 saturated carbocycles. The third kappa shape index (κ3) is 4.06. The third-order valence-corrected chi connectivity index (χ3v) is 4.67. The van der Waals surface area contributed by atoms with Crippen LogP contribution in [0.4, 0.5) is 5.69 Å². The van der Waals surface area contributed by atoms with Crippen molar-refractivity contribution in [3.63, 3.8) is 0 Å². The number of amides is 2. The molecule has 1 aliphatic rings. The first-order valence-corrected chi connectivity index (χ1v) is 9.43. The lowest BCUT2D eigenvalue weighted by molar-refractivity contribution is -0.117. The van der Waals surface area contributed by atoms with Crippen LogP contribution in [0.5, 0.6) is 17.4 Å². The molecule has 0 fully saturated rings. The molecule has 0 saturated heterocycles. The summed E-state index contributed by atoms with van der Waals surface area (Å²) in [6.07, 6.45) is 0. The number of carbonyl (C=O) groups is 2. The summed E-state index contributed by atoms with van der Waals surface area (Å²) in [6.45, 7) is 0.527. The largest absolute Gasteiger partial charge is 0.493 e. The maximum Gasteiger partial charge on any atom is 0.283 e. The summed E-state index contributed by atoms with van der Waals surface area (Å²) in [5.74, 6) is -0.266. The van der Waals surface area contributed by atoms with Crippen LogP contribution in [-0.4, -0.2) is 41.7 Å². The van der Waals surface area contributed by atoms with Gasteiger partial charge in [0, 0.05) is 15.4 Å². The zero-order chi connectivity index (χ0) is 20.4. The number of benzene rings is 2. The number of hydrogen-bond donors (Lipinski definition) is 3. The quantitative estimate of drug-likeness (QED) is 0.516. The number of nitrogens with zero attached hydrogens (tertiary/aromatic N) is 2. The number of aromatic nitrogens is 1. The molecule has 0 aliphatic carbocycles. The van der Waals surface area contributed by atoms with Crippen LogP contribution in [0.3, 0.4) is 0 Å². The molecule has 9 nitrogen and oxygen atoms in total. The van der Waals surface area contributed by atoms with Crippen LogP contribution in [0.15, 0.2) is 51.1 Å². The van der Waals surface area contributed by atoms with E-state index in [1.807, 2.05) is 0 Å². The molecule has 29 heavy (non-hydrogen) atoms. The van der Waals surface area contributed by atoms with Gasteiger partial charge >= 0.3 is 0 Å². The summed E-state index contributed by atoms with van der Waals surface area (Å²) in [5, 5.41) is 20.5. The predicted octanol–water partition coefficient (Wildman–Crippen LogP) is 3.45. The van der Waals surface area contributed by atoms with Crippen LogP contribution in [0.25, 0.3) is 10.9 Å². The maximum absolute atomic E-state index is 12.3. The Bertz CT molecular complexity index is 1140. The Labute approximate surface area is 172 Å². The smallest absolute Gasteiger partial charge is 0.283 e. The van der Waals surface area contributed by atoms with Gasteiger partial charge in [0.1, 0.15) is 19.8 Å². The third-order valence-electron chi connectivity index (χ3n) is 4.18. The Morgan fingerprint density at radius 1 is 1.14 bits per heavy atom. The molecule has 2 amide bonds. The number of nitrogens with one attached hydrogen (secondary N) is 2. The molecule has 0 atom stereocenters. The molecule has 2 heterocycles. The van der Waals surface area contributed by atoms with E-state index in [2.05, 4.69) is 36.5 Å². The average molecular weight is 459 g/mol. The van der Waals surface area contributed by atoms with Gasteiger partial charge in [0.15, 0.2) is 17.2 Å². The van der Waals surface area contributed by atoms with E-state index in [1.165, 1.54) is 0 Å². The fourth-order valence-corrected chi connectivity index (χ4v) is 3.18. The summed E-state index contributed by atoms with van der Waals surface area (Å²) < 4.78 is 11.6. The molecule has 10 heteroatoms. The topological polar surface area (TPSA) is 125 Å². The highest BCUT2D eigenvalue weighted by atomic mass is 79.9. The number of H-pyrrole nitrogens is 1. The highest BCUT2D eigenvalue weighted by Gasteiger charge is 2.16. The molecule has 1 aliphatic heterocycles. The molecule has 0 bridgehead atoms. The number of aromatic amines is 1. The zero-order valence-electron chi connectivity index (χ0n) is 14.9. The standard InChI is InChI=1S/C19H15BrN4O5/c20-11-2-3-13-12(8-11)17(19(27)22-13)24-23-16(25)9-21-18(26)10-1-4-14-15(7-10)29-6-5-28-14/h1-4,7-8,22,27H,5-6,9H2,(H,21,26). The lowest BCUT2D eigenvalue weighted by Gasteiger charge is -2.18. The first-order chi connectivity index (χ1) is 14.0. The number of carbonyl (C=O) groups excluding carboxylic acids is 2. The number of halogens is 1. The van der Waals surface area contributed by atoms with Crippen LogP contribution < -0.4 is 14.8 Å². The molecule has 0 spiro atoms. The Balaban J connectivity index is 1.41. The second kappa shape index (κ2) is 7.92. The number of rotatable bonds is 4. The Hall–Kier alpha value is -3.40. The van der Waals surface area contributed by atoms with Crippen molar-refractivity contribution in [2.24, 2.45) is 10.2 Å². The van der Waals surface area contributed by atoms with E-state index in [0.717, 1.165) is 4.47 Å². The average Bonchev–Trinajstić information content (AvgIpc) is 3.04. The van der Waals surface area contributed by atoms with E-state index in [4.69, 9.17) is 9.47 Å². The monoisotopic (exact) mass is 458 g/mol. The van der Waals surface area contributed by atoms with E-state index in [9.17, 15) is 14.7 Å². The van der Waals surface area contributed by atoms with Gasteiger partial charge in [-0.15, -0.1) is 10.2 Å². The Kier molecular flexibility index (Phi) is 5.17. The molecular weight excluding hydrogens is 444 g/mol. The Morgan fingerprint density at radius 2 is 1.93 bits per heavy atom. The van der Waals surface area contributed by atoms with E-state index in [0.29, 0.717) is 41.2 Å². The van der Waals surface area contributed by atoms with Gasteiger partial charge in [-0.3, -0.25) is 9.59 Å². The van der Waals surface area contributed by atoms with Crippen molar-refractivity contribution in [2.45, 2.75) is 0 Å². The van der Waals surface area contributed by atoms with Crippen molar-refractivity contribution in [1.29, 1.82) is 0 Å². The molecule has 3 N–H and O–H groups in total. The van der Waals surface area contributed by atoms with Crippen molar-refractivity contribution < 1.29 is 24.2 Å². The molecule has 2 aromatic carbocycles. The summed E-state index contributed by atoms with van der Waals surface area (Å²) in [4.78, 5) is 27.0. The summed E-state index contributed by atoms with van der Waals surface area (Å²) in [6, 6.07) is 10.1. The first kappa shape index (κ1) is 18.9. The minimum atomic E-state index is -0.667. The molecule has 3 aromatic rings. The molecule has 148 valence electrons. The molecule has 4 rings (SSSR count). The second-order valence-electron chi connectivity index (χ2n) is 6.15. The lowest BCUT2D eigenvalue weighted by atomic mass is 10.2. The zero-order valence-corrected chi connectivity index (χ0v) is 16.5. The van der Waals surface area contributed by atoms with Crippen molar-refractivity contribution >= 4 is 44.3 Å². The van der Waals surface area contributed by atoms with Crippen molar-refractivity contribution in [2.75, 3.05) is 19.8 Å². The van der Waals surface area contributed by atoms with Gasteiger partial charge in [0.05, 0.1) is 5.52 Å². The predicted molar refractivity (Wildman–Crippen MR) is 107 cm³/mol. The van der Waals surface area contributed by atoms with Gasteiger partial charge < -0.3 is 24.9 Å². The fraction of sp³-hybridized carbons (Fsp3) is 0.158. The number of azo groups is 1. The van der Waals surface area contributed by atoms with Crippen LogP contribution in [-0.2, 0) is 4.79 Å². The van der Waals surface area contributed by atoms with E-state index in [1.54, 1.807) is 36.4 Å². The molecular formula is C19H15BrN4O5. The normalized spacial score (nSPS) is 13.0. The SMILES string of the molecule is O=C(CNC(=O)c1ccc2c(c1)OCCO2)N=Nc1c(O)[nH]c2ccc(Br)cc12. The number of aromatic hydroxyl groups is 1. The highest BCUT2D eigenvalue weighted by Crippen LogP contribution is 2.36. The van der Waals surface area contributed by atoms with E-state index < -0.39 is 11.8 Å². The van der Waals surface area contributed by atoms with Gasteiger partial charge in [-0.25, -0.2) is 0 Å². The summed E-state index contributed by atoms with van der Waals surface area (Å²) in [5.41, 5.74) is 1.13. The number of ether oxygens (including phenoxy) is 2. The van der Waals surface area contributed by atoms with Crippen molar-refractivity contribution in [3.8, 4) is 17.4 Å². The van der Waals surface area contributed by atoms with Gasteiger partial charge in [0.2, 0.25) is 5.88 Å².